The number of hydrogen-bond acceptors (Lipinski definition) is 5. The Hall–Kier alpha value is -3.10. The van der Waals surface area contributed by atoms with Crippen LogP contribution in [0.25, 0.3) is 0 Å². The number of hydrogen-bond donors (Lipinski definition) is 1. The van der Waals surface area contributed by atoms with E-state index in [1.807, 2.05) is 67.1 Å². The lowest BCUT2D eigenvalue weighted by Crippen LogP contribution is -2.26. The highest BCUT2D eigenvalue weighted by atomic mass is 35.5. The number of thioether (sulfide) groups is 1. The molecular formula is C25H27ClN6OS. The summed E-state index contributed by atoms with van der Waals surface area (Å²) in [4.78, 5) is 12.5. The molecular weight excluding hydrogens is 468 g/mol. The normalized spacial score (nSPS) is 11.0. The van der Waals surface area contributed by atoms with Gasteiger partial charge in [0.15, 0.2) is 11.0 Å². The van der Waals surface area contributed by atoms with E-state index in [1.54, 1.807) is 11.8 Å². The summed E-state index contributed by atoms with van der Waals surface area (Å²) in [6.07, 6.45) is 0.350. The first kappa shape index (κ1) is 24.0. The van der Waals surface area contributed by atoms with Gasteiger partial charge in [-0.2, -0.15) is 5.10 Å². The zero-order valence-corrected chi connectivity index (χ0v) is 20.8. The number of halogens is 1. The molecule has 7 nitrogen and oxygen atoms in total. The molecule has 1 N–H and O–H groups in total. The molecule has 4 aromatic rings. The molecule has 0 aliphatic heterocycles. The predicted molar refractivity (Wildman–Crippen MR) is 135 cm³/mol. The molecule has 2 aromatic heterocycles. The van der Waals surface area contributed by atoms with Gasteiger partial charge in [0.05, 0.1) is 18.8 Å². The van der Waals surface area contributed by atoms with Crippen molar-refractivity contribution >= 4 is 29.3 Å². The Morgan fingerprint density at radius 2 is 1.82 bits per heavy atom. The molecule has 1 amide bonds. The smallest absolute Gasteiger partial charge is 0.222 e. The molecule has 2 aromatic carbocycles. The number of rotatable bonds is 10. The minimum Gasteiger partial charge on any atom is -0.349 e. The molecule has 0 aliphatic carbocycles. The maximum Gasteiger partial charge on any atom is 0.222 e. The Morgan fingerprint density at radius 1 is 1.06 bits per heavy atom. The number of nitrogens with one attached hydrogen (secondary N) is 1. The number of aryl methyl sites for hydroxylation is 3. The van der Waals surface area contributed by atoms with Crippen molar-refractivity contribution in [2.75, 3.05) is 0 Å². The van der Waals surface area contributed by atoms with Crippen LogP contribution in [0.3, 0.4) is 0 Å². The van der Waals surface area contributed by atoms with Crippen LogP contribution in [0.5, 0.6) is 0 Å². The Labute approximate surface area is 208 Å². The summed E-state index contributed by atoms with van der Waals surface area (Å²) >= 11 is 7.91. The van der Waals surface area contributed by atoms with Crippen LogP contribution in [0.1, 0.15) is 34.8 Å². The van der Waals surface area contributed by atoms with Crippen LogP contribution in [0.4, 0.5) is 0 Å². The van der Waals surface area contributed by atoms with Gasteiger partial charge in [-0.15, -0.1) is 10.2 Å². The highest BCUT2D eigenvalue weighted by molar-refractivity contribution is 7.98. The molecule has 4 rings (SSSR count). The van der Waals surface area contributed by atoms with E-state index in [2.05, 4.69) is 37.3 Å². The lowest BCUT2D eigenvalue weighted by Gasteiger charge is -2.12. The van der Waals surface area contributed by atoms with E-state index in [0.29, 0.717) is 37.6 Å². The zero-order valence-electron chi connectivity index (χ0n) is 19.2. The number of aromatic nitrogens is 5. The zero-order chi connectivity index (χ0) is 23.9. The van der Waals surface area contributed by atoms with Gasteiger partial charge in [0.1, 0.15) is 0 Å². The summed E-state index contributed by atoms with van der Waals surface area (Å²) in [7, 11) is 0. The van der Waals surface area contributed by atoms with Crippen molar-refractivity contribution in [3.8, 4) is 0 Å². The highest BCUT2D eigenvalue weighted by Crippen LogP contribution is 2.26. The molecule has 0 unspecified atom stereocenters. The minimum absolute atomic E-state index is 0.0490. The quantitative estimate of drug-likeness (QED) is 0.321. The molecule has 0 aliphatic rings. The average Bonchev–Trinajstić information content (AvgIpc) is 3.37. The maximum atomic E-state index is 12.5. The molecule has 0 saturated heterocycles. The molecule has 0 radical (unpaired) electrons. The second-order valence-corrected chi connectivity index (χ2v) is 9.38. The Bertz CT molecular complexity index is 1250. The largest absolute Gasteiger partial charge is 0.349 e. The topological polar surface area (TPSA) is 77.6 Å². The van der Waals surface area contributed by atoms with Gasteiger partial charge in [-0.05, 0) is 37.1 Å². The standard InChI is InChI=1S/C25H27ClN6OS/c1-18-14-19(2)32(30-18)13-12-24(33)27-15-23-28-29-25(31(23)16-20-8-4-3-5-9-20)34-17-21-10-6-7-11-22(21)26/h3-11,14H,12-13,15-17H2,1-2H3,(H,27,33). The van der Waals surface area contributed by atoms with Gasteiger partial charge in [0.2, 0.25) is 5.91 Å². The first-order chi connectivity index (χ1) is 16.5. The van der Waals surface area contributed by atoms with Crippen LogP contribution in [0.15, 0.2) is 65.8 Å². The third kappa shape index (κ3) is 6.27. The van der Waals surface area contributed by atoms with Crippen molar-refractivity contribution in [1.82, 2.24) is 29.9 Å². The van der Waals surface area contributed by atoms with E-state index < -0.39 is 0 Å². The van der Waals surface area contributed by atoms with Crippen LogP contribution in [-0.4, -0.2) is 30.5 Å². The van der Waals surface area contributed by atoms with Crippen LogP contribution >= 0.6 is 23.4 Å². The monoisotopic (exact) mass is 494 g/mol. The third-order valence-corrected chi connectivity index (χ3v) is 6.77. The fourth-order valence-electron chi connectivity index (χ4n) is 3.61. The van der Waals surface area contributed by atoms with Crippen molar-refractivity contribution in [3.63, 3.8) is 0 Å². The van der Waals surface area contributed by atoms with Crippen LogP contribution in [0, 0.1) is 13.8 Å². The fraction of sp³-hybridized carbons (Fsp3) is 0.280. The third-order valence-electron chi connectivity index (χ3n) is 5.39. The van der Waals surface area contributed by atoms with Gasteiger partial charge in [0, 0.05) is 29.4 Å². The summed E-state index contributed by atoms with van der Waals surface area (Å²) in [5, 5.41) is 17.7. The van der Waals surface area contributed by atoms with Crippen molar-refractivity contribution < 1.29 is 4.79 Å². The first-order valence-corrected chi connectivity index (χ1v) is 12.5. The van der Waals surface area contributed by atoms with Gasteiger partial charge in [-0.3, -0.25) is 9.48 Å². The van der Waals surface area contributed by atoms with E-state index in [0.717, 1.165) is 32.7 Å². The average molecular weight is 495 g/mol. The molecule has 176 valence electrons. The number of benzene rings is 2. The highest BCUT2D eigenvalue weighted by Gasteiger charge is 2.15. The molecule has 0 bridgehead atoms. The van der Waals surface area contributed by atoms with Crippen LogP contribution < -0.4 is 5.32 Å². The predicted octanol–water partition coefficient (Wildman–Crippen LogP) is 4.79. The summed E-state index contributed by atoms with van der Waals surface area (Å²) in [6.45, 7) is 5.41. The van der Waals surface area contributed by atoms with E-state index in [9.17, 15) is 4.79 Å². The second-order valence-electron chi connectivity index (χ2n) is 8.03. The number of carbonyl (C=O) groups is 1. The Balaban J connectivity index is 1.43. The minimum atomic E-state index is -0.0490. The van der Waals surface area contributed by atoms with E-state index in [4.69, 9.17) is 11.6 Å². The molecule has 9 heteroatoms. The number of nitrogens with zero attached hydrogens (tertiary/aromatic N) is 5. The molecule has 34 heavy (non-hydrogen) atoms. The van der Waals surface area contributed by atoms with E-state index in [1.165, 1.54) is 0 Å². The Morgan fingerprint density at radius 3 is 2.56 bits per heavy atom. The molecule has 2 heterocycles. The maximum absolute atomic E-state index is 12.5. The SMILES string of the molecule is Cc1cc(C)n(CCC(=O)NCc2nnc(SCc3ccccc3Cl)n2Cc2ccccc2)n1. The summed E-state index contributed by atoms with van der Waals surface area (Å²) in [6, 6.07) is 20.0. The fourth-order valence-corrected chi connectivity index (χ4v) is 4.86. The van der Waals surface area contributed by atoms with Crippen molar-refractivity contribution in [2.45, 2.75) is 50.8 Å². The van der Waals surface area contributed by atoms with Crippen LogP contribution in [0.2, 0.25) is 5.02 Å². The lowest BCUT2D eigenvalue weighted by molar-refractivity contribution is -0.121. The van der Waals surface area contributed by atoms with Gasteiger partial charge in [-0.1, -0.05) is 71.9 Å². The molecule has 0 spiro atoms. The van der Waals surface area contributed by atoms with Gasteiger partial charge in [0.25, 0.3) is 0 Å². The molecule has 0 saturated carbocycles. The summed E-state index contributed by atoms with van der Waals surface area (Å²) < 4.78 is 3.91. The van der Waals surface area contributed by atoms with Gasteiger partial charge < -0.3 is 9.88 Å². The van der Waals surface area contributed by atoms with Gasteiger partial charge in [-0.25, -0.2) is 0 Å². The number of amides is 1. The second kappa shape index (κ2) is 11.4. The van der Waals surface area contributed by atoms with Crippen molar-refractivity contribution in [3.05, 3.63) is 94.0 Å². The summed E-state index contributed by atoms with van der Waals surface area (Å²) in [5.74, 6) is 1.35. The van der Waals surface area contributed by atoms with Crippen molar-refractivity contribution in [1.29, 1.82) is 0 Å². The number of carbonyl (C=O) groups excluding carboxylic acids is 1. The van der Waals surface area contributed by atoms with E-state index >= 15 is 0 Å². The van der Waals surface area contributed by atoms with Crippen molar-refractivity contribution in [2.24, 2.45) is 0 Å². The van der Waals surface area contributed by atoms with Crippen LogP contribution in [-0.2, 0) is 30.2 Å². The first-order valence-electron chi connectivity index (χ1n) is 11.1. The molecule has 0 atom stereocenters. The molecule has 0 fully saturated rings. The van der Waals surface area contributed by atoms with E-state index in [-0.39, 0.29) is 5.91 Å². The lowest BCUT2D eigenvalue weighted by atomic mass is 10.2. The summed E-state index contributed by atoms with van der Waals surface area (Å²) in [5.41, 5.74) is 4.18. The Kier molecular flexibility index (Phi) is 8.03. The van der Waals surface area contributed by atoms with Gasteiger partial charge >= 0.3 is 0 Å².